The van der Waals surface area contributed by atoms with Gasteiger partial charge in [0.05, 0.1) is 18.3 Å². The first-order chi connectivity index (χ1) is 5.42. The number of nitrogens with one attached hydrogen (secondary N) is 1. The van der Waals surface area contributed by atoms with Crippen molar-refractivity contribution in [1.29, 1.82) is 0 Å². The molecular formula is C8H11ClN2O. The van der Waals surface area contributed by atoms with E-state index >= 15 is 0 Å². The number of pyridine rings is 1. The highest BCUT2D eigenvalue weighted by molar-refractivity contribution is 5.85. The lowest BCUT2D eigenvalue weighted by Gasteiger charge is -2.04. The average Bonchev–Trinajstić information content (AvgIpc) is 2.47. The topological polar surface area (TPSA) is 45.1 Å². The second-order valence-corrected chi connectivity index (χ2v) is 2.66. The van der Waals surface area contributed by atoms with Crippen molar-refractivity contribution in [2.75, 3.05) is 6.61 Å². The molecule has 1 unspecified atom stereocenters. The number of hydrogen-bond acceptors (Lipinski definition) is 3. The fourth-order valence-electron chi connectivity index (χ4n) is 1.39. The van der Waals surface area contributed by atoms with E-state index in [0.29, 0.717) is 0 Å². The standard InChI is InChI=1S/C8H10N2O.ClH/c11-5-7-8-6(4-10-7)2-1-3-9-8;/h1-3,7,10-11H,4-5H2;1H. The second kappa shape index (κ2) is 3.85. The summed E-state index contributed by atoms with van der Waals surface area (Å²) in [7, 11) is 0. The Morgan fingerprint density at radius 1 is 1.67 bits per heavy atom. The van der Waals surface area contributed by atoms with Gasteiger partial charge >= 0.3 is 0 Å². The zero-order valence-electron chi connectivity index (χ0n) is 6.53. The van der Waals surface area contributed by atoms with Crippen LogP contribution < -0.4 is 5.32 Å². The van der Waals surface area contributed by atoms with E-state index in [1.165, 1.54) is 5.56 Å². The van der Waals surface area contributed by atoms with E-state index in [1.54, 1.807) is 6.20 Å². The number of aliphatic hydroxyl groups is 1. The van der Waals surface area contributed by atoms with Crippen LogP contribution in [0.2, 0.25) is 0 Å². The number of nitrogens with zero attached hydrogens (tertiary/aromatic N) is 1. The SMILES string of the molecule is Cl.OCC1NCc2cccnc21. The number of halogens is 1. The number of hydrogen-bond donors (Lipinski definition) is 2. The summed E-state index contributed by atoms with van der Waals surface area (Å²) < 4.78 is 0. The second-order valence-electron chi connectivity index (χ2n) is 2.66. The van der Waals surface area contributed by atoms with Crippen LogP contribution in [-0.4, -0.2) is 16.7 Å². The maximum atomic E-state index is 8.91. The molecular weight excluding hydrogens is 176 g/mol. The maximum absolute atomic E-state index is 8.91. The number of rotatable bonds is 1. The van der Waals surface area contributed by atoms with Gasteiger partial charge in [0.15, 0.2) is 0 Å². The van der Waals surface area contributed by atoms with Crippen molar-refractivity contribution in [3.8, 4) is 0 Å². The molecule has 1 atom stereocenters. The Kier molecular flexibility index (Phi) is 3.03. The Labute approximate surface area is 77.2 Å². The summed E-state index contributed by atoms with van der Waals surface area (Å²) >= 11 is 0. The summed E-state index contributed by atoms with van der Waals surface area (Å²) in [5, 5.41) is 12.1. The molecule has 1 aliphatic heterocycles. The lowest BCUT2D eigenvalue weighted by molar-refractivity contribution is 0.249. The zero-order valence-corrected chi connectivity index (χ0v) is 7.34. The van der Waals surface area contributed by atoms with Crippen LogP contribution >= 0.6 is 12.4 Å². The van der Waals surface area contributed by atoms with Gasteiger partial charge < -0.3 is 10.4 Å². The van der Waals surface area contributed by atoms with Crippen LogP contribution in [0.5, 0.6) is 0 Å². The van der Waals surface area contributed by atoms with E-state index in [-0.39, 0.29) is 25.1 Å². The van der Waals surface area contributed by atoms with Crippen molar-refractivity contribution in [3.63, 3.8) is 0 Å². The maximum Gasteiger partial charge on any atom is 0.0735 e. The minimum Gasteiger partial charge on any atom is -0.394 e. The number of fused-ring (bicyclic) bond motifs is 1. The molecule has 0 saturated carbocycles. The fraction of sp³-hybridized carbons (Fsp3) is 0.375. The lowest BCUT2D eigenvalue weighted by Crippen LogP contribution is -2.16. The van der Waals surface area contributed by atoms with Gasteiger partial charge in [-0.3, -0.25) is 4.98 Å². The van der Waals surface area contributed by atoms with E-state index in [0.717, 1.165) is 12.2 Å². The summed E-state index contributed by atoms with van der Waals surface area (Å²) in [6, 6.07) is 4.00. The van der Waals surface area contributed by atoms with Crippen molar-refractivity contribution in [1.82, 2.24) is 10.3 Å². The first-order valence-corrected chi connectivity index (χ1v) is 3.70. The third-order valence-electron chi connectivity index (χ3n) is 1.98. The van der Waals surface area contributed by atoms with Crippen LogP contribution in [0.4, 0.5) is 0 Å². The molecule has 0 bridgehead atoms. The molecule has 2 heterocycles. The van der Waals surface area contributed by atoms with Gasteiger partial charge in [-0.1, -0.05) is 6.07 Å². The van der Waals surface area contributed by atoms with Crippen LogP contribution in [0, 0.1) is 0 Å². The van der Waals surface area contributed by atoms with Gasteiger partial charge in [0.1, 0.15) is 0 Å². The summed E-state index contributed by atoms with van der Waals surface area (Å²) in [6.07, 6.45) is 1.76. The highest BCUT2D eigenvalue weighted by Gasteiger charge is 2.21. The quantitative estimate of drug-likeness (QED) is 0.677. The molecule has 0 fully saturated rings. The van der Waals surface area contributed by atoms with Crippen LogP contribution in [0.25, 0.3) is 0 Å². The molecule has 0 radical (unpaired) electrons. The Morgan fingerprint density at radius 2 is 2.50 bits per heavy atom. The molecule has 1 aromatic rings. The van der Waals surface area contributed by atoms with Gasteiger partial charge in [-0.25, -0.2) is 0 Å². The molecule has 0 saturated heterocycles. The molecule has 0 aliphatic carbocycles. The smallest absolute Gasteiger partial charge is 0.0735 e. The van der Waals surface area contributed by atoms with Crippen molar-refractivity contribution in [2.24, 2.45) is 0 Å². The fourth-order valence-corrected chi connectivity index (χ4v) is 1.39. The number of aliphatic hydroxyl groups excluding tert-OH is 1. The zero-order chi connectivity index (χ0) is 7.68. The average molecular weight is 187 g/mol. The molecule has 3 nitrogen and oxygen atoms in total. The van der Waals surface area contributed by atoms with Gasteiger partial charge in [-0.2, -0.15) is 0 Å². The molecule has 0 spiro atoms. The van der Waals surface area contributed by atoms with Gasteiger partial charge in [0, 0.05) is 12.7 Å². The van der Waals surface area contributed by atoms with E-state index < -0.39 is 0 Å². The van der Waals surface area contributed by atoms with Crippen molar-refractivity contribution >= 4 is 12.4 Å². The molecule has 4 heteroatoms. The molecule has 12 heavy (non-hydrogen) atoms. The van der Waals surface area contributed by atoms with Crippen molar-refractivity contribution < 1.29 is 5.11 Å². The Balaban J connectivity index is 0.000000720. The van der Waals surface area contributed by atoms with Crippen LogP contribution in [0.3, 0.4) is 0 Å². The molecule has 66 valence electrons. The minimum atomic E-state index is 0. The summed E-state index contributed by atoms with van der Waals surface area (Å²) in [5.41, 5.74) is 2.20. The number of aromatic nitrogens is 1. The summed E-state index contributed by atoms with van der Waals surface area (Å²) in [4.78, 5) is 4.19. The van der Waals surface area contributed by atoms with E-state index in [1.807, 2.05) is 12.1 Å². The third kappa shape index (κ3) is 1.43. The third-order valence-corrected chi connectivity index (χ3v) is 1.98. The molecule has 2 rings (SSSR count). The monoisotopic (exact) mass is 186 g/mol. The normalized spacial score (nSPS) is 19.9. The molecule has 1 aromatic heterocycles. The van der Waals surface area contributed by atoms with Crippen molar-refractivity contribution in [2.45, 2.75) is 12.6 Å². The molecule has 0 aromatic carbocycles. The van der Waals surface area contributed by atoms with Crippen LogP contribution in [0.1, 0.15) is 17.3 Å². The predicted octanol–water partition coefficient (Wildman–Crippen LogP) is 0.640. The van der Waals surface area contributed by atoms with E-state index in [2.05, 4.69) is 10.3 Å². The van der Waals surface area contributed by atoms with E-state index in [9.17, 15) is 0 Å². The van der Waals surface area contributed by atoms with Gasteiger partial charge in [-0.15, -0.1) is 12.4 Å². The Hall–Kier alpha value is -0.640. The van der Waals surface area contributed by atoms with Crippen molar-refractivity contribution in [3.05, 3.63) is 29.6 Å². The molecule has 2 N–H and O–H groups in total. The van der Waals surface area contributed by atoms with Gasteiger partial charge in [0.25, 0.3) is 0 Å². The minimum absolute atomic E-state index is 0. The Morgan fingerprint density at radius 3 is 3.25 bits per heavy atom. The molecule has 1 aliphatic rings. The van der Waals surface area contributed by atoms with E-state index in [4.69, 9.17) is 5.11 Å². The predicted molar refractivity (Wildman–Crippen MR) is 48.2 cm³/mol. The van der Waals surface area contributed by atoms with Crippen LogP contribution in [0.15, 0.2) is 18.3 Å². The highest BCUT2D eigenvalue weighted by Crippen LogP contribution is 2.21. The van der Waals surface area contributed by atoms with Crippen LogP contribution in [-0.2, 0) is 6.54 Å². The first-order valence-electron chi connectivity index (χ1n) is 3.70. The Bertz CT molecular complexity index is 267. The van der Waals surface area contributed by atoms with Gasteiger partial charge in [-0.05, 0) is 11.6 Å². The highest BCUT2D eigenvalue weighted by atomic mass is 35.5. The largest absolute Gasteiger partial charge is 0.394 e. The molecule has 0 amide bonds. The first kappa shape index (κ1) is 9.45. The summed E-state index contributed by atoms with van der Waals surface area (Å²) in [6.45, 7) is 0.957. The van der Waals surface area contributed by atoms with Gasteiger partial charge in [0.2, 0.25) is 0 Å². The lowest BCUT2D eigenvalue weighted by atomic mass is 10.2. The summed E-state index contributed by atoms with van der Waals surface area (Å²) in [5.74, 6) is 0.